The molecular formula is C9H22NO3P. The van der Waals surface area contributed by atoms with Crippen LogP contribution in [0.2, 0.25) is 0 Å². The average molecular weight is 223 g/mol. The molecule has 0 aromatic heterocycles. The second-order valence-corrected chi connectivity index (χ2v) is 5.41. The number of hydrogen-bond donors (Lipinski definition) is 2. The second kappa shape index (κ2) is 7.41. The zero-order valence-electron chi connectivity index (χ0n) is 9.32. The van der Waals surface area contributed by atoms with Gasteiger partial charge in [0.25, 0.3) is 0 Å². The van der Waals surface area contributed by atoms with Crippen LogP contribution >= 0.6 is 7.75 Å². The summed E-state index contributed by atoms with van der Waals surface area (Å²) in [7, 11) is -3.53. The summed E-state index contributed by atoms with van der Waals surface area (Å²) in [6.07, 6.45) is 2.66. The van der Waals surface area contributed by atoms with E-state index in [2.05, 4.69) is 18.9 Å². The van der Waals surface area contributed by atoms with Crippen LogP contribution in [0, 0.1) is 5.92 Å². The van der Waals surface area contributed by atoms with Gasteiger partial charge >= 0.3 is 7.75 Å². The molecule has 0 aliphatic heterocycles. The van der Waals surface area contributed by atoms with Gasteiger partial charge in [-0.25, -0.2) is 9.65 Å². The topological polar surface area (TPSA) is 58.6 Å². The van der Waals surface area contributed by atoms with Crippen LogP contribution in [0.5, 0.6) is 0 Å². The Balaban J connectivity index is 3.56. The van der Waals surface area contributed by atoms with E-state index in [0.717, 1.165) is 19.3 Å². The van der Waals surface area contributed by atoms with E-state index in [4.69, 9.17) is 4.52 Å². The molecule has 0 saturated heterocycles. The summed E-state index contributed by atoms with van der Waals surface area (Å²) in [6, 6.07) is 0. The van der Waals surface area contributed by atoms with E-state index in [0.29, 0.717) is 19.1 Å². The van der Waals surface area contributed by atoms with Gasteiger partial charge < -0.3 is 4.89 Å². The summed E-state index contributed by atoms with van der Waals surface area (Å²) in [5.74, 6) is 0.526. The van der Waals surface area contributed by atoms with Crippen molar-refractivity contribution in [3.8, 4) is 0 Å². The van der Waals surface area contributed by atoms with Crippen molar-refractivity contribution in [1.29, 1.82) is 0 Å². The summed E-state index contributed by atoms with van der Waals surface area (Å²) in [5.41, 5.74) is 0. The van der Waals surface area contributed by atoms with Crippen molar-refractivity contribution in [3.63, 3.8) is 0 Å². The Morgan fingerprint density at radius 1 is 1.50 bits per heavy atom. The predicted octanol–water partition coefficient (Wildman–Crippen LogP) is 2.54. The second-order valence-electron chi connectivity index (χ2n) is 3.80. The minimum atomic E-state index is -3.53. The van der Waals surface area contributed by atoms with Crippen LogP contribution in [0.15, 0.2) is 0 Å². The molecule has 1 atom stereocenters. The van der Waals surface area contributed by atoms with Crippen LogP contribution in [0.3, 0.4) is 0 Å². The van der Waals surface area contributed by atoms with Gasteiger partial charge in [0.15, 0.2) is 0 Å². The highest BCUT2D eigenvalue weighted by Gasteiger charge is 2.17. The SMILES string of the molecule is CCCCOP(=O)(O)NCCC(C)C. The third-order valence-electron chi connectivity index (χ3n) is 1.80. The molecule has 0 heterocycles. The van der Waals surface area contributed by atoms with E-state index in [1.807, 2.05) is 6.92 Å². The normalized spacial score (nSPS) is 15.8. The molecule has 0 saturated carbocycles. The Hall–Kier alpha value is 0.110. The lowest BCUT2D eigenvalue weighted by atomic mass is 10.1. The lowest BCUT2D eigenvalue weighted by molar-refractivity contribution is 0.245. The zero-order chi connectivity index (χ0) is 11.0. The Labute approximate surface area is 86.6 Å². The molecule has 4 nitrogen and oxygen atoms in total. The molecule has 86 valence electrons. The molecule has 0 amide bonds. The van der Waals surface area contributed by atoms with Crippen molar-refractivity contribution in [2.45, 2.75) is 40.0 Å². The van der Waals surface area contributed by atoms with Crippen molar-refractivity contribution >= 4 is 7.75 Å². The molecule has 14 heavy (non-hydrogen) atoms. The first-order chi connectivity index (χ1) is 6.48. The molecule has 0 aliphatic rings. The Morgan fingerprint density at radius 3 is 2.64 bits per heavy atom. The molecule has 0 aromatic rings. The Kier molecular flexibility index (Phi) is 7.47. The summed E-state index contributed by atoms with van der Waals surface area (Å²) in [6.45, 7) is 7.03. The Bertz CT molecular complexity index is 185. The first kappa shape index (κ1) is 14.1. The van der Waals surface area contributed by atoms with E-state index < -0.39 is 7.75 Å². The Morgan fingerprint density at radius 2 is 2.14 bits per heavy atom. The van der Waals surface area contributed by atoms with Gasteiger partial charge in [-0.3, -0.25) is 4.52 Å². The third-order valence-corrected chi connectivity index (χ3v) is 2.95. The standard InChI is InChI=1S/C9H22NO3P/c1-4-5-8-13-14(11,12)10-7-6-9(2)3/h9H,4-8H2,1-3H3,(H2,10,11,12). The van der Waals surface area contributed by atoms with E-state index in [1.165, 1.54) is 0 Å². The molecule has 2 N–H and O–H groups in total. The molecule has 0 fully saturated rings. The van der Waals surface area contributed by atoms with Gasteiger partial charge in [0.1, 0.15) is 0 Å². The van der Waals surface area contributed by atoms with Crippen molar-refractivity contribution < 1.29 is 14.0 Å². The number of nitrogens with one attached hydrogen (secondary N) is 1. The molecular weight excluding hydrogens is 201 g/mol. The summed E-state index contributed by atoms with van der Waals surface area (Å²) in [4.78, 5) is 9.28. The number of hydrogen-bond acceptors (Lipinski definition) is 2. The van der Waals surface area contributed by atoms with Crippen LogP contribution < -0.4 is 5.09 Å². The molecule has 0 aromatic carbocycles. The predicted molar refractivity (Wildman–Crippen MR) is 58.1 cm³/mol. The highest BCUT2D eigenvalue weighted by atomic mass is 31.2. The quantitative estimate of drug-likeness (QED) is 0.490. The highest BCUT2D eigenvalue weighted by Crippen LogP contribution is 2.36. The van der Waals surface area contributed by atoms with Crippen LogP contribution in [-0.2, 0) is 9.09 Å². The molecule has 0 radical (unpaired) electrons. The van der Waals surface area contributed by atoms with E-state index in [9.17, 15) is 9.46 Å². The lowest BCUT2D eigenvalue weighted by Crippen LogP contribution is -2.15. The number of rotatable bonds is 8. The van der Waals surface area contributed by atoms with Gasteiger partial charge in [0, 0.05) is 6.54 Å². The van der Waals surface area contributed by atoms with Gasteiger partial charge in [0.2, 0.25) is 0 Å². The monoisotopic (exact) mass is 223 g/mol. The van der Waals surface area contributed by atoms with E-state index in [-0.39, 0.29) is 0 Å². The van der Waals surface area contributed by atoms with Gasteiger partial charge in [0.05, 0.1) is 6.61 Å². The van der Waals surface area contributed by atoms with Crippen LogP contribution in [0.1, 0.15) is 40.0 Å². The molecule has 0 rings (SSSR count). The van der Waals surface area contributed by atoms with Crippen LogP contribution in [-0.4, -0.2) is 18.0 Å². The molecule has 0 bridgehead atoms. The van der Waals surface area contributed by atoms with E-state index in [1.54, 1.807) is 0 Å². The first-order valence-corrected chi connectivity index (χ1v) is 6.78. The fraction of sp³-hybridized carbons (Fsp3) is 1.00. The van der Waals surface area contributed by atoms with Gasteiger partial charge in [-0.15, -0.1) is 0 Å². The lowest BCUT2D eigenvalue weighted by Gasteiger charge is -2.13. The maximum atomic E-state index is 11.3. The van der Waals surface area contributed by atoms with Crippen molar-refractivity contribution in [2.75, 3.05) is 13.2 Å². The largest absolute Gasteiger partial charge is 0.402 e. The molecule has 0 aliphatic carbocycles. The molecule has 1 unspecified atom stereocenters. The minimum Gasteiger partial charge on any atom is -0.312 e. The van der Waals surface area contributed by atoms with Crippen LogP contribution in [0.25, 0.3) is 0 Å². The number of unbranched alkanes of at least 4 members (excludes halogenated alkanes) is 1. The maximum absolute atomic E-state index is 11.3. The first-order valence-electron chi connectivity index (χ1n) is 5.20. The van der Waals surface area contributed by atoms with Crippen molar-refractivity contribution in [2.24, 2.45) is 5.92 Å². The van der Waals surface area contributed by atoms with Gasteiger partial charge in [-0.1, -0.05) is 27.2 Å². The smallest absolute Gasteiger partial charge is 0.312 e. The summed E-state index contributed by atoms with van der Waals surface area (Å²) in [5, 5.41) is 2.54. The van der Waals surface area contributed by atoms with Crippen molar-refractivity contribution in [1.82, 2.24) is 5.09 Å². The highest BCUT2D eigenvalue weighted by molar-refractivity contribution is 7.50. The molecule has 0 spiro atoms. The van der Waals surface area contributed by atoms with Crippen LogP contribution in [0.4, 0.5) is 0 Å². The summed E-state index contributed by atoms with van der Waals surface area (Å²) < 4.78 is 16.1. The third kappa shape index (κ3) is 8.70. The average Bonchev–Trinajstić information content (AvgIpc) is 2.03. The van der Waals surface area contributed by atoms with E-state index >= 15 is 0 Å². The fourth-order valence-corrected chi connectivity index (χ4v) is 1.75. The molecule has 5 heteroatoms. The maximum Gasteiger partial charge on any atom is 0.402 e. The fourth-order valence-electron chi connectivity index (χ4n) is 0.873. The summed E-state index contributed by atoms with van der Waals surface area (Å²) >= 11 is 0. The van der Waals surface area contributed by atoms with Gasteiger partial charge in [-0.2, -0.15) is 0 Å². The minimum absolute atomic E-state index is 0.346. The van der Waals surface area contributed by atoms with Gasteiger partial charge in [-0.05, 0) is 18.8 Å². The zero-order valence-corrected chi connectivity index (χ0v) is 10.2. The van der Waals surface area contributed by atoms with Crippen molar-refractivity contribution in [3.05, 3.63) is 0 Å².